The smallest absolute Gasteiger partial charge is 0.326 e. The Morgan fingerprint density at radius 1 is 0.633 bits per heavy atom. The van der Waals surface area contributed by atoms with E-state index in [-0.39, 0.29) is 25.0 Å². The Bertz CT molecular complexity index is 1980. The zero-order valence-electron chi connectivity index (χ0n) is 26.2. The van der Waals surface area contributed by atoms with E-state index in [1.165, 1.54) is 24.3 Å². The highest BCUT2D eigenvalue weighted by atomic mass is 16.4. The number of aromatic amines is 2. The van der Waals surface area contributed by atoms with E-state index in [2.05, 4.69) is 25.9 Å². The Hall–Kier alpha value is -6.15. The summed E-state index contributed by atoms with van der Waals surface area (Å²) in [6, 6.07) is 15.0. The van der Waals surface area contributed by atoms with Crippen LogP contribution >= 0.6 is 0 Å². The van der Waals surface area contributed by atoms with Crippen LogP contribution in [0, 0.1) is 0 Å². The number of aromatic nitrogens is 2. The summed E-state index contributed by atoms with van der Waals surface area (Å²) in [5.41, 5.74) is 9.92. The van der Waals surface area contributed by atoms with Gasteiger partial charge in [-0.1, -0.05) is 48.5 Å². The van der Waals surface area contributed by atoms with E-state index in [0.29, 0.717) is 11.1 Å². The number of hydrogen-bond acceptors (Lipinski definition) is 7. The van der Waals surface area contributed by atoms with Crippen LogP contribution in [0.1, 0.15) is 23.1 Å². The molecule has 254 valence electrons. The normalized spacial score (nSPS) is 13.7. The van der Waals surface area contributed by atoms with Crippen LogP contribution in [0.25, 0.3) is 21.8 Å². The van der Waals surface area contributed by atoms with E-state index in [9.17, 15) is 39.3 Å². The van der Waals surface area contributed by atoms with Gasteiger partial charge >= 0.3 is 11.9 Å². The van der Waals surface area contributed by atoms with Crippen LogP contribution in [-0.4, -0.2) is 79.1 Å². The molecule has 3 amide bonds. The molecule has 14 nitrogen and oxygen atoms in total. The van der Waals surface area contributed by atoms with Crippen LogP contribution in [0.15, 0.2) is 85.2 Å². The van der Waals surface area contributed by atoms with E-state index in [0.717, 1.165) is 27.4 Å². The van der Waals surface area contributed by atoms with Gasteiger partial charge in [0.2, 0.25) is 17.7 Å². The molecule has 14 heteroatoms. The van der Waals surface area contributed by atoms with Crippen molar-refractivity contribution >= 4 is 51.5 Å². The van der Waals surface area contributed by atoms with Gasteiger partial charge in [-0.3, -0.25) is 19.2 Å². The number of carbonyl (C=O) groups excluding carboxylic acids is 3. The monoisotopic (exact) mass is 668 g/mol. The molecule has 49 heavy (non-hydrogen) atoms. The summed E-state index contributed by atoms with van der Waals surface area (Å²) in [7, 11) is 0. The Kier molecular flexibility index (Phi) is 10.6. The molecule has 3 aromatic carbocycles. The molecule has 2 aromatic heterocycles. The lowest BCUT2D eigenvalue weighted by Crippen LogP contribution is -2.58. The SMILES string of the molecule is NC(Cc1c[nH]c2ccccc12)C(=O)NC(Cc1c[nH]c2ccccc12)C(=O)NC(CC(=O)O)C(=O)NC(Cc1ccc(O)cc1)C(=O)O. The van der Waals surface area contributed by atoms with Gasteiger partial charge in [0, 0.05) is 47.0 Å². The maximum absolute atomic E-state index is 13.8. The Morgan fingerprint density at radius 3 is 1.71 bits per heavy atom. The van der Waals surface area contributed by atoms with Crippen LogP contribution in [0.2, 0.25) is 0 Å². The average Bonchev–Trinajstić information content (AvgIpc) is 3.68. The van der Waals surface area contributed by atoms with Crippen molar-refractivity contribution in [3.63, 3.8) is 0 Å². The van der Waals surface area contributed by atoms with Gasteiger partial charge in [0.1, 0.15) is 23.9 Å². The second-order valence-electron chi connectivity index (χ2n) is 11.7. The van der Waals surface area contributed by atoms with E-state index >= 15 is 0 Å². The first kappa shape index (κ1) is 34.2. The molecule has 0 fully saturated rings. The zero-order chi connectivity index (χ0) is 35.1. The Morgan fingerprint density at radius 2 is 1.14 bits per heavy atom. The first-order valence-electron chi connectivity index (χ1n) is 15.5. The van der Waals surface area contributed by atoms with Gasteiger partial charge in [-0.25, -0.2) is 4.79 Å². The Labute approximate surface area is 279 Å². The molecule has 5 aromatic rings. The largest absolute Gasteiger partial charge is 0.508 e. The molecule has 0 aliphatic rings. The standard InChI is InChI=1S/C35H36N6O8/c36-25(14-20-17-37-26-7-3-1-5-23(20)26)32(45)39-28(15-21-18-38-27-8-4-2-6-24(21)27)33(46)40-29(16-31(43)44)34(47)41-30(35(48)49)13-19-9-11-22(42)12-10-19/h1-12,17-18,25,28-30,37-38,42H,13-16,36H2,(H,39,45)(H,40,46)(H,41,47)(H,43,44)(H,48,49). The highest BCUT2D eigenvalue weighted by molar-refractivity contribution is 5.96. The number of H-pyrrole nitrogens is 2. The molecule has 0 saturated carbocycles. The Balaban J connectivity index is 1.35. The molecule has 4 atom stereocenters. The van der Waals surface area contributed by atoms with Crippen LogP contribution in [0.3, 0.4) is 0 Å². The summed E-state index contributed by atoms with van der Waals surface area (Å²) >= 11 is 0. The molecule has 0 aliphatic carbocycles. The number of nitrogens with two attached hydrogens (primary N) is 1. The van der Waals surface area contributed by atoms with Gasteiger partial charge in [-0.15, -0.1) is 0 Å². The molecule has 4 unspecified atom stereocenters. The highest BCUT2D eigenvalue weighted by Gasteiger charge is 2.32. The van der Waals surface area contributed by atoms with Crippen molar-refractivity contribution in [2.45, 2.75) is 49.9 Å². The van der Waals surface area contributed by atoms with Crippen molar-refractivity contribution in [2.24, 2.45) is 5.73 Å². The molecule has 5 rings (SSSR count). The quantitative estimate of drug-likeness (QED) is 0.0788. The summed E-state index contributed by atoms with van der Waals surface area (Å²) in [6.45, 7) is 0. The van der Waals surface area contributed by atoms with E-state index < -0.39 is 60.2 Å². The first-order chi connectivity index (χ1) is 23.5. The summed E-state index contributed by atoms with van der Waals surface area (Å²) in [5, 5.41) is 37.9. The third-order valence-electron chi connectivity index (χ3n) is 8.19. The second-order valence-corrected chi connectivity index (χ2v) is 11.7. The molecule has 0 saturated heterocycles. The molecule has 0 bridgehead atoms. The molecule has 0 radical (unpaired) electrons. The lowest BCUT2D eigenvalue weighted by molar-refractivity contribution is -0.143. The minimum atomic E-state index is -1.69. The predicted molar refractivity (Wildman–Crippen MR) is 179 cm³/mol. The number of benzene rings is 3. The molecule has 0 spiro atoms. The predicted octanol–water partition coefficient (Wildman–Crippen LogP) is 1.72. The number of phenols is 1. The maximum Gasteiger partial charge on any atom is 0.326 e. The fourth-order valence-electron chi connectivity index (χ4n) is 5.63. The number of carboxylic acids is 2. The van der Waals surface area contributed by atoms with Gasteiger partial charge in [-0.2, -0.15) is 0 Å². The summed E-state index contributed by atoms with van der Waals surface area (Å²) in [4.78, 5) is 70.5. The fraction of sp³-hybridized carbons (Fsp3) is 0.229. The van der Waals surface area contributed by atoms with E-state index in [1.54, 1.807) is 12.4 Å². The number of nitrogens with one attached hydrogen (secondary N) is 5. The van der Waals surface area contributed by atoms with E-state index in [1.807, 2.05) is 48.5 Å². The first-order valence-corrected chi connectivity index (χ1v) is 15.5. The van der Waals surface area contributed by atoms with Gasteiger partial charge < -0.3 is 47.0 Å². The average molecular weight is 669 g/mol. The van der Waals surface area contributed by atoms with Gasteiger partial charge in [0.25, 0.3) is 0 Å². The lowest BCUT2D eigenvalue weighted by atomic mass is 10.0. The minimum absolute atomic E-state index is 0.0305. The highest BCUT2D eigenvalue weighted by Crippen LogP contribution is 2.21. The fourth-order valence-corrected chi connectivity index (χ4v) is 5.63. The van der Waals surface area contributed by atoms with Crippen molar-refractivity contribution in [3.05, 3.63) is 102 Å². The van der Waals surface area contributed by atoms with E-state index in [4.69, 9.17) is 5.73 Å². The van der Waals surface area contributed by atoms with Crippen molar-refractivity contribution in [1.82, 2.24) is 25.9 Å². The second kappa shape index (κ2) is 15.2. The molecular weight excluding hydrogens is 632 g/mol. The number of amides is 3. The number of rotatable bonds is 15. The van der Waals surface area contributed by atoms with Crippen LogP contribution < -0.4 is 21.7 Å². The van der Waals surface area contributed by atoms with Crippen LogP contribution in [-0.2, 0) is 43.2 Å². The van der Waals surface area contributed by atoms with Crippen molar-refractivity contribution in [1.29, 1.82) is 0 Å². The molecular formula is C35H36N6O8. The summed E-state index contributed by atoms with van der Waals surface area (Å²) in [5.74, 6) is -5.42. The number of carboxylic acid groups (broad SMARTS) is 2. The minimum Gasteiger partial charge on any atom is -0.508 e. The van der Waals surface area contributed by atoms with Crippen LogP contribution in [0.4, 0.5) is 0 Å². The van der Waals surface area contributed by atoms with Gasteiger partial charge in [0.05, 0.1) is 12.5 Å². The van der Waals surface area contributed by atoms with Gasteiger partial charge in [0.15, 0.2) is 0 Å². The zero-order valence-corrected chi connectivity index (χ0v) is 26.2. The third-order valence-corrected chi connectivity index (χ3v) is 8.19. The number of carbonyl (C=O) groups is 5. The third kappa shape index (κ3) is 8.61. The number of aromatic hydroxyl groups is 1. The number of fused-ring (bicyclic) bond motifs is 2. The molecule has 0 aliphatic heterocycles. The van der Waals surface area contributed by atoms with Crippen LogP contribution in [0.5, 0.6) is 5.75 Å². The molecule has 10 N–H and O–H groups in total. The summed E-state index contributed by atoms with van der Waals surface area (Å²) in [6.07, 6.45) is 2.51. The van der Waals surface area contributed by atoms with Gasteiger partial charge in [-0.05, 0) is 47.4 Å². The number of phenolic OH excluding ortho intramolecular Hbond substituents is 1. The maximum atomic E-state index is 13.8. The van der Waals surface area contributed by atoms with Crippen molar-refractivity contribution in [3.8, 4) is 5.75 Å². The number of para-hydroxylation sites is 2. The molecule has 2 heterocycles. The topological polar surface area (TPSA) is 240 Å². The lowest BCUT2D eigenvalue weighted by Gasteiger charge is -2.24. The van der Waals surface area contributed by atoms with Crippen molar-refractivity contribution < 1.29 is 39.3 Å². The number of hydrogen-bond donors (Lipinski definition) is 9. The van der Waals surface area contributed by atoms with Crippen molar-refractivity contribution in [2.75, 3.05) is 0 Å². The summed E-state index contributed by atoms with van der Waals surface area (Å²) < 4.78 is 0. The number of aliphatic carboxylic acids is 2.